The van der Waals surface area contributed by atoms with Crippen LogP contribution in [0, 0.1) is 6.92 Å². The minimum atomic E-state index is -0.0331. The summed E-state index contributed by atoms with van der Waals surface area (Å²) in [6, 6.07) is 11.8. The van der Waals surface area contributed by atoms with Gasteiger partial charge in [-0.15, -0.1) is 0 Å². The fourth-order valence-corrected chi connectivity index (χ4v) is 4.96. The van der Waals surface area contributed by atoms with Crippen molar-refractivity contribution >= 4 is 34.3 Å². The Kier molecular flexibility index (Phi) is 5.91. The number of amidine groups is 1. The van der Waals surface area contributed by atoms with Crippen molar-refractivity contribution in [1.82, 2.24) is 30.5 Å². The molecular weight excluding hydrogens is 490 g/mol. The maximum Gasteiger partial charge on any atom is 0.259 e. The summed E-state index contributed by atoms with van der Waals surface area (Å²) < 4.78 is 0. The highest BCUT2D eigenvalue weighted by atomic mass is 16.2. The van der Waals surface area contributed by atoms with Gasteiger partial charge in [0.05, 0.1) is 29.6 Å². The molecule has 0 aliphatic carbocycles. The minimum Gasteiger partial charge on any atom is -0.392 e. The van der Waals surface area contributed by atoms with Gasteiger partial charge in [-0.1, -0.05) is 24.3 Å². The average Bonchev–Trinajstić information content (AvgIpc) is 3.69. The maximum absolute atomic E-state index is 13.6. The molecule has 1 aliphatic heterocycles. The molecule has 1 aliphatic rings. The van der Waals surface area contributed by atoms with Gasteiger partial charge >= 0.3 is 0 Å². The Bertz CT molecular complexity index is 1780. The van der Waals surface area contributed by atoms with Crippen LogP contribution >= 0.6 is 0 Å². The van der Waals surface area contributed by atoms with Crippen LogP contribution in [0.4, 0.5) is 11.6 Å². The molecule has 10 heteroatoms. The van der Waals surface area contributed by atoms with E-state index in [1.807, 2.05) is 74.6 Å². The van der Waals surface area contributed by atoms with Crippen LogP contribution in [-0.4, -0.2) is 43.9 Å². The van der Waals surface area contributed by atoms with E-state index in [4.69, 9.17) is 10.7 Å². The normalized spacial score (nSPS) is 13.8. The van der Waals surface area contributed by atoms with Crippen LogP contribution in [0.25, 0.3) is 33.3 Å². The second-order valence-electron chi connectivity index (χ2n) is 9.43. The number of benzene rings is 2. The van der Waals surface area contributed by atoms with Gasteiger partial charge in [-0.2, -0.15) is 10.1 Å². The number of hydrogen-bond acceptors (Lipinski definition) is 6. The number of aliphatic imine (C=N–C) groups is 1. The number of allylic oxidation sites excluding steroid dienone is 1. The molecule has 39 heavy (non-hydrogen) atoms. The van der Waals surface area contributed by atoms with Gasteiger partial charge in [0, 0.05) is 53.4 Å². The van der Waals surface area contributed by atoms with Crippen molar-refractivity contribution in [2.24, 2.45) is 10.7 Å². The van der Waals surface area contributed by atoms with E-state index in [2.05, 4.69) is 30.5 Å². The van der Waals surface area contributed by atoms with Crippen LogP contribution in [0.5, 0.6) is 0 Å². The average molecular weight is 518 g/mol. The highest BCUT2D eigenvalue weighted by molar-refractivity contribution is 6.15. The van der Waals surface area contributed by atoms with Crippen LogP contribution < -0.4 is 16.0 Å². The van der Waals surface area contributed by atoms with Gasteiger partial charge in [0.15, 0.2) is 0 Å². The molecule has 0 bridgehead atoms. The van der Waals surface area contributed by atoms with E-state index in [0.29, 0.717) is 17.9 Å². The van der Waals surface area contributed by atoms with Gasteiger partial charge in [-0.3, -0.25) is 9.89 Å². The monoisotopic (exact) mass is 517 g/mol. The highest BCUT2D eigenvalue weighted by Gasteiger charge is 2.32. The summed E-state index contributed by atoms with van der Waals surface area (Å²) in [5.41, 5.74) is 14.8. The zero-order valence-electron chi connectivity index (χ0n) is 21.8. The number of H-pyrrole nitrogens is 2. The van der Waals surface area contributed by atoms with Crippen LogP contribution in [-0.2, 0) is 6.54 Å². The van der Waals surface area contributed by atoms with Crippen molar-refractivity contribution in [2.45, 2.75) is 20.4 Å². The summed E-state index contributed by atoms with van der Waals surface area (Å²) in [7, 11) is 1.82. The Morgan fingerprint density at radius 2 is 1.95 bits per heavy atom. The summed E-state index contributed by atoms with van der Waals surface area (Å²) >= 11 is 0. The Morgan fingerprint density at radius 1 is 1.13 bits per heavy atom. The second kappa shape index (κ2) is 9.56. The van der Waals surface area contributed by atoms with Crippen molar-refractivity contribution in [3.05, 3.63) is 89.6 Å². The number of carbonyl (C=O) groups is 1. The molecule has 194 valence electrons. The topological polar surface area (TPSA) is 141 Å². The summed E-state index contributed by atoms with van der Waals surface area (Å²) in [5, 5.41) is 10.9. The number of aromatic amines is 2. The first-order valence-electron chi connectivity index (χ1n) is 12.5. The van der Waals surface area contributed by atoms with Crippen LogP contribution in [0.3, 0.4) is 0 Å². The summed E-state index contributed by atoms with van der Waals surface area (Å²) in [6.07, 6.45) is 8.99. The molecule has 5 aromatic rings. The zero-order chi connectivity index (χ0) is 27.1. The van der Waals surface area contributed by atoms with Gasteiger partial charge < -0.3 is 20.9 Å². The number of fused-ring (bicyclic) bond motifs is 2. The predicted octanol–water partition coefficient (Wildman–Crippen LogP) is 4.60. The first-order valence-corrected chi connectivity index (χ1v) is 12.5. The highest BCUT2D eigenvalue weighted by Crippen LogP contribution is 2.39. The molecule has 6 rings (SSSR count). The van der Waals surface area contributed by atoms with E-state index in [1.54, 1.807) is 18.5 Å². The summed E-state index contributed by atoms with van der Waals surface area (Å²) in [5.74, 6) is 0.546. The zero-order valence-corrected chi connectivity index (χ0v) is 21.8. The maximum atomic E-state index is 13.6. The Labute approximate surface area is 224 Å². The quantitative estimate of drug-likeness (QED) is 0.192. The van der Waals surface area contributed by atoms with E-state index >= 15 is 0 Å². The largest absolute Gasteiger partial charge is 0.392 e. The van der Waals surface area contributed by atoms with E-state index in [0.717, 1.165) is 55.8 Å². The van der Waals surface area contributed by atoms with Gasteiger partial charge in [0.1, 0.15) is 5.84 Å². The molecule has 0 saturated heterocycles. The molecule has 0 saturated carbocycles. The number of aryl methyl sites for hydroxylation is 1. The summed E-state index contributed by atoms with van der Waals surface area (Å²) in [4.78, 5) is 32.2. The number of nitrogens with two attached hydrogens (primary N) is 1. The molecular formula is C29H27N9O. The molecule has 0 spiro atoms. The lowest BCUT2D eigenvalue weighted by molar-refractivity contribution is 0.0997. The number of rotatable bonds is 6. The molecule has 3 aromatic heterocycles. The minimum absolute atomic E-state index is 0.0331. The number of hydrogen-bond donors (Lipinski definition) is 4. The lowest BCUT2D eigenvalue weighted by Crippen LogP contribution is -2.23. The number of anilines is 1. The van der Waals surface area contributed by atoms with Crippen molar-refractivity contribution in [2.75, 3.05) is 11.9 Å². The second-order valence-corrected chi connectivity index (χ2v) is 9.43. The first kappa shape index (κ1) is 24.1. The molecule has 1 amide bonds. The van der Waals surface area contributed by atoms with Crippen molar-refractivity contribution in [3.8, 4) is 22.4 Å². The number of aromatic nitrogens is 5. The van der Waals surface area contributed by atoms with E-state index < -0.39 is 0 Å². The molecule has 0 radical (unpaired) electrons. The first-order chi connectivity index (χ1) is 18.9. The van der Waals surface area contributed by atoms with Gasteiger partial charge in [-0.05, 0) is 48.7 Å². The van der Waals surface area contributed by atoms with Crippen molar-refractivity contribution in [1.29, 1.82) is 0 Å². The van der Waals surface area contributed by atoms with Crippen molar-refractivity contribution < 1.29 is 4.79 Å². The Balaban J connectivity index is 1.40. The SMILES string of the molecule is CN/C(C)=C\C(N)=N/c1ncc(C)c(-c2c[nH]c3c(N4Cc5c(cccc5-c5cn[nH]c5)C4=O)cccc23)n1. The molecule has 5 N–H and O–H groups in total. The lowest BCUT2D eigenvalue weighted by Gasteiger charge is -2.17. The predicted molar refractivity (Wildman–Crippen MR) is 153 cm³/mol. The molecule has 0 fully saturated rings. The van der Waals surface area contributed by atoms with Crippen LogP contribution in [0.1, 0.15) is 28.4 Å². The number of carbonyl (C=O) groups excluding carboxylic acids is 1. The van der Waals surface area contributed by atoms with E-state index in [-0.39, 0.29) is 11.9 Å². The molecule has 0 atom stereocenters. The number of amides is 1. The summed E-state index contributed by atoms with van der Waals surface area (Å²) in [6.45, 7) is 4.32. The smallest absolute Gasteiger partial charge is 0.259 e. The van der Waals surface area contributed by atoms with Crippen LogP contribution in [0.2, 0.25) is 0 Å². The van der Waals surface area contributed by atoms with Crippen molar-refractivity contribution in [3.63, 3.8) is 0 Å². The van der Waals surface area contributed by atoms with Gasteiger partial charge in [0.25, 0.3) is 11.9 Å². The Hall–Kier alpha value is -5.25. The van der Waals surface area contributed by atoms with Gasteiger partial charge in [0.2, 0.25) is 0 Å². The van der Waals surface area contributed by atoms with E-state index in [1.165, 1.54) is 0 Å². The lowest BCUT2D eigenvalue weighted by atomic mass is 9.99. The number of para-hydroxylation sites is 1. The molecule has 10 nitrogen and oxygen atoms in total. The van der Waals surface area contributed by atoms with E-state index in [9.17, 15) is 4.79 Å². The number of nitrogens with zero attached hydrogens (tertiary/aromatic N) is 5. The third kappa shape index (κ3) is 4.21. The third-order valence-corrected chi connectivity index (χ3v) is 6.96. The Morgan fingerprint density at radius 3 is 2.74 bits per heavy atom. The van der Waals surface area contributed by atoms with Crippen LogP contribution in [0.15, 0.2) is 78.0 Å². The standard InChI is InChI=1S/C29H27N9O/c1-16-11-33-29(36-25(30)10-17(2)31-3)37-26(16)22-14-32-27-20(22)7-5-9-24(27)38-15-23-19(18-12-34-35-13-18)6-4-8-21(23)28(38)39/h4-14,31-32H,15H2,1-3H3,(H,34,35)(H2,30,33,36,37)/b17-10-. The molecule has 4 heterocycles. The molecule has 2 aromatic carbocycles. The van der Waals surface area contributed by atoms with Gasteiger partial charge in [-0.25, -0.2) is 9.97 Å². The number of nitrogens with one attached hydrogen (secondary N) is 3. The molecule has 0 unspecified atom stereocenters. The fourth-order valence-electron chi connectivity index (χ4n) is 4.96. The fraction of sp³-hybridized carbons (Fsp3) is 0.138. The third-order valence-electron chi connectivity index (χ3n) is 6.96.